The van der Waals surface area contributed by atoms with E-state index in [1.807, 2.05) is 0 Å². The highest BCUT2D eigenvalue weighted by molar-refractivity contribution is 5.98. The van der Waals surface area contributed by atoms with Crippen LogP contribution in [-0.4, -0.2) is 37.1 Å². The molecule has 1 atom stereocenters. The molecule has 144 valence electrons. The van der Waals surface area contributed by atoms with Gasteiger partial charge >= 0.3 is 0 Å². The Morgan fingerprint density at radius 3 is 2.52 bits per heavy atom. The summed E-state index contributed by atoms with van der Waals surface area (Å²) in [5, 5.41) is 17.1. The molecule has 1 aliphatic heterocycles. The molecule has 0 spiro atoms. The highest BCUT2D eigenvalue weighted by Gasteiger charge is 2.22. The van der Waals surface area contributed by atoms with Crippen LogP contribution in [0.3, 0.4) is 0 Å². The Balaban J connectivity index is 0.00000261. The molecule has 1 heterocycles. The van der Waals surface area contributed by atoms with Gasteiger partial charge in [0.1, 0.15) is 17.2 Å². The van der Waals surface area contributed by atoms with Crippen LogP contribution in [0.5, 0.6) is 17.2 Å². The lowest BCUT2D eigenvalue weighted by Crippen LogP contribution is -2.36. The smallest absolute Gasteiger partial charge is 0.270 e. The zero-order valence-corrected chi connectivity index (χ0v) is 15.5. The van der Waals surface area contributed by atoms with Crippen LogP contribution in [0.15, 0.2) is 42.5 Å². The van der Waals surface area contributed by atoms with Crippen LogP contribution in [0, 0.1) is 10.1 Å². The Morgan fingerprint density at radius 1 is 1.22 bits per heavy atom. The number of rotatable bonds is 6. The van der Waals surface area contributed by atoms with Crippen molar-refractivity contribution < 1.29 is 19.2 Å². The van der Waals surface area contributed by atoms with Gasteiger partial charge in [-0.2, -0.15) is 0 Å². The first kappa shape index (κ1) is 20.5. The third-order valence-electron chi connectivity index (χ3n) is 4.10. The molecular formula is C18H20ClN3O5. The monoisotopic (exact) mass is 393 g/mol. The number of methoxy groups -OCH3 is 1. The summed E-state index contributed by atoms with van der Waals surface area (Å²) in [6.45, 7) is 1.50. The number of hydrogen-bond donors (Lipinski definition) is 2. The first-order chi connectivity index (χ1) is 12.6. The molecule has 1 amide bonds. The summed E-state index contributed by atoms with van der Waals surface area (Å²) < 4.78 is 10.9. The van der Waals surface area contributed by atoms with E-state index in [4.69, 9.17) is 9.47 Å². The van der Waals surface area contributed by atoms with Crippen molar-refractivity contribution in [1.82, 2.24) is 10.6 Å². The third-order valence-corrected chi connectivity index (χ3v) is 4.10. The number of nitro groups is 1. The molecule has 3 rings (SSSR count). The number of nitrogens with one attached hydrogen (secondary N) is 2. The Labute approximate surface area is 162 Å². The van der Waals surface area contributed by atoms with Crippen molar-refractivity contribution in [3.8, 4) is 17.2 Å². The molecule has 2 N–H and O–H groups in total. The van der Waals surface area contributed by atoms with E-state index in [1.54, 1.807) is 31.4 Å². The number of nitrogens with zero attached hydrogens (tertiary/aromatic N) is 1. The summed E-state index contributed by atoms with van der Waals surface area (Å²) >= 11 is 0. The van der Waals surface area contributed by atoms with Crippen LogP contribution in [0.2, 0.25) is 0 Å². The van der Waals surface area contributed by atoms with Crippen LogP contribution < -0.4 is 20.1 Å². The maximum atomic E-state index is 12.6. The Hall–Kier alpha value is -2.84. The number of carbonyl (C=O) groups is 1. The quantitative estimate of drug-likeness (QED) is 0.577. The number of hydrogen-bond acceptors (Lipinski definition) is 6. The van der Waals surface area contributed by atoms with Crippen molar-refractivity contribution in [2.45, 2.75) is 12.5 Å². The highest BCUT2D eigenvalue weighted by atomic mass is 35.5. The fourth-order valence-corrected chi connectivity index (χ4v) is 2.71. The number of nitro benzene ring substituents is 1. The normalized spacial score (nSPS) is 15.5. The van der Waals surface area contributed by atoms with Gasteiger partial charge in [0.05, 0.1) is 17.6 Å². The second kappa shape index (κ2) is 9.20. The van der Waals surface area contributed by atoms with Crippen LogP contribution in [0.4, 0.5) is 5.69 Å². The first-order valence-electron chi connectivity index (χ1n) is 8.19. The fraction of sp³-hybridized carbons (Fsp3) is 0.278. The molecule has 1 fully saturated rings. The topological polar surface area (TPSA) is 103 Å². The van der Waals surface area contributed by atoms with Crippen molar-refractivity contribution in [3.05, 3.63) is 58.1 Å². The van der Waals surface area contributed by atoms with Crippen LogP contribution in [0.1, 0.15) is 16.8 Å². The van der Waals surface area contributed by atoms with Gasteiger partial charge in [0.15, 0.2) is 0 Å². The number of amides is 1. The number of non-ortho nitro benzene ring substituents is 1. The van der Waals surface area contributed by atoms with Crippen molar-refractivity contribution >= 4 is 24.0 Å². The Bertz CT molecular complexity index is 807. The predicted molar refractivity (Wildman–Crippen MR) is 102 cm³/mol. The second-order valence-electron chi connectivity index (χ2n) is 5.88. The number of benzene rings is 2. The van der Waals surface area contributed by atoms with Gasteiger partial charge in [-0.05, 0) is 43.3 Å². The molecule has 1 saturated heterocycles. The average Bonchev–Trinajstić information content (AvgIpc) is 3.15. The molecule has 2 aromatic rings. The summed E-state index contributed by atoms with van der Waals surface area (Å²) in [4.78, 5) is 23.2. The van der Waals surface area contributed by atoms with E-state index >= 15 is 0 Å². The van der Waals surface area contributed by atoms with E-state index in [2.05, 4.69) is 10.6 Å². The highest BCUT2D eigenvalue weighted by Crippen LogP contribution is 2.30. The molecule has 1 unspecified atom stereocenters. The minimum absolute atomic E-state index is 0. The van der Waals surface area contributed by atoms with E-state index < -0.39 is 10.8 Å². The second-order valence-corrected chi connectivity index (χ2v) is 5.88. The van der Waals surface area contributed by atoms with Crippen LogP contribution in [0.25, 0.3) is 0 Å². The summed E-state index contributed by atoms with van der Waals surface area (Å²) in [7, 11) is 1.56. The summed E-state index contributed by atoms with van der Waals surface area (Å²) in [6.07, 6.45) is 0.815. The van der Waals surface area contributed by atoms with Gasteiger partial charge in [-0.1, -0.05) is 0 Å². The average molecular weight is 394 g/mol. The lowest BCUT2D eigenvalue weighted by Gasteiger charge is -2.14. The van der Waals surface area contributed by atoms with E-state index in [9.17, 15) is 14.9 Å². The molecule has 9 heteroatoms. The minimum Gasteiger partial charge on any atom is -0.497 e. The molecule has 8 nitrogen and oxygen atoms in total. The van der Waals surface area contributed by atoms with Crippen molar-refractivity contribution in [2.75, 3.05) is 20.2 Å². The van der Waals surface area contributed by atoms with E-state index in [1.165, 1.54) is 18.2 Å². The molecule has 0 saturated carbocycles. The molecule has 1 aliphatic rings. The van der Waals surface area contributed by atoms with Gasteiger partial charge in [-0.15, -0.1) is 12.4 Å². The SMILES string of the molecule is COc1ccc(Oc2ccc([N+](=O)[O-])cc2C(=O)NC2CCNC2)cc1.Cl. The zero-order valence-electron chi connectivity index (χ0n) is 14.6. The zero-order chi connectivity index (χ0) is 18.5. The minimum atomic E-state index is -0.537. The largest absolute Gasteiger partial charge is 0.497 e. The van der Waals surface area contributed by atoms with Gasteiger partial charge in [0, 0.05) is 24.7 Å². The number of carbonyl (C=O) groups excluding carboxylic acids is 1. The number of ether oxygens (including phenoxy) is 2. The van der Waals surface area contributed by atoms with Gasteiger partial charge < -0.3 is 20.1 Å². The maximum absolute atomic E-state index is 12.6. The van der Waals surface area contributed by atoms with Crippen molar-refractivity contribution in [3.63, 3.8) is 0 Å². The maximum Gasteiger partial charge on any atom is 0.270 e. The number of halogens is 1. The van der Waals surface area contributed by atoms with Crippen LogP contribution >= 0.6 is 12.4 Å². The van der Waals surface area contributed by atoms with E-state index in [0.717, 1.165) is 13.0 Å². The Morgan fingerprint density at radius 2 is 1.93 bits per heavy atom. The van der Waals surface area contributed by atoms with Crippen molar-refractivity contribution in [1.29, 1.82) is 0 Å². The molecular weight excluding hydrogens is 374 g/mol. The molecule has 0 radical (unpaired) electrons. The third kappa shape index (κ3) is 5.08. The first-order valence-corrected chi connectivity index (χ1v) is 8.19. The van der Waals surface area contributed by atoms with Crippen LogP contribution in [-0.2, 0) is 0 Å². The van der Waals surface area contributed by atoms with Gasteiger partial charge in [-0.25, -0.2) is 0 Å². The standard InChI is InChI=1S/C18H19N3O5.ClH/c1-25-14-3-5-15(6-4-14)26-17-7-2-13(21(23)24)10-16(17)18(22)20-12-8-9-19-11-12;/h2-7,10,12,19H,8-9,11H2,1H3,(H,20,22);1H. The lowest BCUT2D eigenvalue weighted by molar-refractivity contribution is -0.384. The van der Waals surface area contributed by atoms with Crippen molar-refractivity contribution in [2.24, 2.45) is 0 Å². The van der Waals surface area contributed by atoms with Gasteiger partial charge in [0.2, 0.25) is 0 Å². The molecule has 2 aromatic carbocycles. The molecule has 0 aliphatic carbocycles. The Kier molecular flexibility index (Phi) is 6.98. The van der Waals surface area contributed by atoms with E-state index in [0.29, 0.717) is 18.0 Å². The molecule has 27 heavy (non-hydrogen) atoms. The predicted octanol–water partition coefficient (Wildman–Crippen LogP) is 2.91. The van der Waals surface area contributed by atoms with E-state index in [-0.39, 0.29) is 35.4 Å². The molecule has 0 bridgehead atoms. The molecule has 0 aromatic heterocycles. The summed E-state index contributed by atoms with van der Waals surface area (Å²) in [6, 6.07) is 10.8. The van der Waals surface area contributed by atoms with Gasteiger partial charge in [-0.3, -0.25) is 14.9 Å². The summed E-state index contributed by atoms with van der Waals surface area (Å²) in [5.41, 5.74) is -0.0382. The summed E-state index contributed by atoms with van der Waals surface area (Å²) in [5.74, 6) is 1.03. The van der Waals surface area contributed by atoms with Gasteiger partial charge in [0.25, 0.3) is 11.6 Å². The fourth-order valence-electron chi connectivity index (χ4n) is 2.71. The lowest BCUT2D eigenvalue weighted by atomic mass is 10.1.